The summed E-state index contributed by atoms with van der Waals surface area (Å²) in [5.74, 6) is 0.663. The first-order valence-electron chi connectivity index (χ1n) is 6.77. The van der Waals surface area contributed by atoms with Gasteiger partial charge in [-0.3, -0.25) is 0 Å². The number of aromatic nitrogens is 2. The van der Waals surface area contributed by atoms with E-state index in [9.17, 15) is 4.39 Å². The van der Waals surface area contributed by atoms with Gasteiger partial charge < -0.3 is 10.6 Å². The van der Waals surface area contributed by atoms with Gasteiger partial charge in [-0.2, -0.15) is 4.98 Å². The van der Waals surface area contributed by atoms with E-state index in [0.29, 0.717) is 22.5 Å². The Morgan fingerprint density at radius 1 is 1.23 bits per heavy atom. The minimum Gasteiger partial charge on any atom is -0.352 e. The zero-order valence-electron chi connectivity index (χ0n) is 12.0. The smallest absolute Gasteiger partial charge is 0.225 e. The largest absolute Gasteiger partial charge is 0.352 e. The van der Waals surface area contributed by atoms with Crippen LogP contribution in [0.1, 0.15) is 13.8 Å². The van der Waals surface area contributed by atoms with Crippen molar-refractivity contribution in [2.45, 2.75) is 19.9 Å². The van der Waals surface area contributed by atoms with Gasteiger partial charge in [0.1, 0.15) is 5.82 Å². The monoisotopic (exact) mass is 336 g/mol. The maximum absolute atomic E-state index is 14.0. The number of hydrogen-bond donors (Lipinski definition) is 2. The lowest BCUT2D eigenvalue weighted by Crippen LogP contribution is -2.13. The van der Waals surface area contributed by atoms with Crippen LogP contribution in [0, 0.1) is 5.82 Å². The van der Waals surface area contributed by atoms with Gasteiger partial charge in [0.15, 0.2) is 5.82 Å². The zero-order valence-corrected chi connectivity index (χ0v) is 13.6. The molecule has 2 heterocycles. The summed E-state index contributed by atoms with van der Waals surface area (Å²) in [4.78, 5) is 8.90. The number of halogens is 2. The fourth-order valence-corrected chi connectivity index (χ4v) is 2.92. The lowest BCUT2D eigenvalue weighted by Gasteiger charge is -2.12. The summed E-state index contributed by atoms with van der Waals surface area (Å²) in [5, 5.41) is 8.48. The molecule has 0 fully saturated rings. The first-order valence-corrected chi connectivity index (χ1v) is 8.02. The number of nitrogens with one attached hydrogen (secondary N) is 2. The Hall–Kier alpha value is -1.92. The topological polar surface area (TPSA) is 49.8 Å². The average Bonchev–Trinajstić information content (AvgIpc) is 2.89. The fourth-order valence-electron chi connectivity index (χ4n) is 1.99. The van der Waals surface area contributed by atoms with Crippen LogP contribution in [0.3, 0.4) is 0 Å². The SMILES string of the molecule is CC(C)Nc1nc(Nc2ccc(Cl)cc2F)c2sccc2n1. The predicted molar refractivity (Wildman–Crippen MR) is 90.9 cm³/mol. The molecule has 22 heavy (non-hydrogen) atoms. The molecule has 114 valence electrons. The van der Waals surface area contributed by atoms with Crippen molar-refractivity contribution >= 4 is 50.6 Å². The van der Waals surface area contributed by atoms with E-state index in [2.05, 4.69) is 20.6 Å². The van der Waals surface area contributed by atoms with Crippen molar-refractivity contribution in [3.05, 3.63) is 40.5 Å². The highest BCUT2D eigenvalue weighted by Gasteiger charge is 2.12. The molecule has 2 N–H and O–H groups in total. The van der Waals surface area contributed by atoms with Crippen molar-refractivity contribution in [1.29, 1.82) is 0 Å². The van der Waals surface area contributed by atoms with Crippen LogP contribution < -0.4 is 10.6 Å². The maximum atomic E-state index is 14.0. The summed E-state index contributed by atoms with van der Waals surface area (Å²) in [5.41, 5.74) is 1.15. The van der Waals surface area contributed by atoms with Crippen molar-refractivity contribution < 1.29 is 4.39 Å². The van der Waals surface area contributed by atoms with Crippen LogP contribution in [0.25, 0.3) is 10.2 Å². The molecule has 0 aliphatic carbocycles. The molecule has 0 saturated heterocycles. The van der Waals surface area contributed by atoms with Gasteiger partial charge in [0.2, 0.25) is 5.95 Å². The van der Waals surface area contributed by atoms with Crippen molar-refractivity contribution in [3.63, 3.8) is 0 Å². The zero-order chi connectivity index (χ0) is 15.7. The number of rotatable bonds is 4. The highest BCUT2D eigenvalue weighted by atomic mass is 35.5. The molecule has 0 aliphatic rings. The fraction of sp³-hybridized carbons (Fsp3) is 0.200. The molecule has 0 saturated carbocycles. The summed E-state index contributed by atoms with van der Waals surface area (Å²) < 4.78 is 14.8. The molecule has 0 aliphatic heterocycles. The molecule has 0 bridgehead atoms. The van der Waals surface area contributed by atoms with Crippen LogP contribution in [0.4, 0.5) is 21.8 Å². The minimum absolute atomic E-state index is 0.205. The van der Waals surface area contributed by atoms with Gasteiger partial charge in [-0.25, -0.2) is 9.37 Å². The maximum Gasteiger partial charge on any atom is 0.225 e. The number of hydrogen-bond acceptors (Lipinski definition) is 5. The van der Waals surface area contributed by atoms with Crippen molar-refractivity contribution in [2.24, 2.45) is 0 Å². The van der Waals surface area contributed by atoms with E-state index in [1.54, 1.807) is 12.1 Å². The molecule has 3 aromatic rings. The molecule has 0 radical (unpaired) electrons. The first kappa shape index (κ1) is 15.0. The molecule has 2 aromatic heterocycles. The minimum atomic E-state index is -0.422. The number of nitrogens with zero attached hydrogens (tertiary/aromatic N) is 2. The van der Waals surface area contributed by atoms with E-state index >= 15 is 0 Å². The van der Waals surface area contributed by atoms with E-state index in [0.717, 1.165) is 10.2 Å². The van der Waals surface area contributed by atoms with Gasteiger partial charge >= 0.3 is 0 Å². The van der Waals surface area contributed by atoms with Crippen molar-refractivity contribution in [2.75, 3.05) is 10.6 Å². The van der Waals surface area contributed by atoms with Gasteiger partial charge in [-0.1, -0.05) is 11.6 Å². The second kappa shape index (κ2) is 6.06. The number of fused-ring (bicyclic) bond motifs is 1. The van der Waals surface area contributed by atoms with Crippen LogP contribution in [0.5, 0.6) is 0 Å². The predicted octanol–water partition coefficient (Wildman–Crippen LogP) is 5.05. The molecular weight excluding hydrogens is 323 g/mol. The summed E-state index contributed by atoms with van der Waals surface area (Å²) >= 11 is 7.28. The third-order valence-corrected chi connectivity index (χ3v) is 4.05. The van der Waals surface area contributed by atoms with Gasteiger partial charge in [0, 0.05) is 11.1 Å². The highest BCUT2D eigenvalue weighted by molar-refractivity contribution is 7.17. The Kier molecular flexibility index (Phi) is 4.13. The molecule has 0 unspecified atom stereocenters. The van der Waals surface area contributed by atoms with Crippen LogP contribution in [-0.4, -0.2) is 16.0 Å². The number of benzene rings is 1. The van der Waals surface area contributed by atoms with E-state index in [1.807, 2.05) is 25.3 Å². The van der Waals surface area contributed by atoms with Crippen molar-refractivity contribution in [3.8, 4) is 0 Å². The summed E-state index contributed by atoms with van der Waals surface area (Å²) in [6.07, 6.45) is 0. The number of thiophene rings is 1. The van der Waals surface area contributed by atoms with Gasteiger partial charge in [-0.05, 0) is 43.5 Å². The Morgan fingerprint density at radius 3 is 2.77 bits per heavy atom. The van der Waals surface area contributed by atoms with E-state index in [-0.39, 0.29) is 6.04 Å². The molecule has 0 amide bonds. The second-order valence-electron chi connectivity index (χ2n) is 5.08. The average molecular weight is 337 g/mol. The van der Waals surface area contributed by atoms with E-state index in [1.165, 1.54) is 17.4 Å². The Labute approximate surface area is 136 Å². The van der Waals surface area contributed by atoms with Crippen LogP contribution >= 0.6 is 22.9 Å². The normalized spacial score (nSPS) is 11.1. The van der Waals surface area contributed by atoms with Gasteiger partial charge in [0.25, 0.3) is 0 Å². The van der Waals surface area contributed by atoms with Crippen LogP contribution in [-0.2, 0) is 0 Å². The Morgan fingerprint density at radius 2 is 2.05 bits per heavy atom. The molecule has 3 rings (SSSR count). The first-order chi connectivity index (χ1) is 10.5. The summed E-state index contributed by atoms with van der Waals surface area (Å²) in [6.45, 7) is 4.01. The molecule has 4 nitrogen and oxygen atoms in total. The molecule has 0 spiro atoms. The Balaban J connectivity index is 2.03. The molecule has 7 heteroatoms. The lowest BCUT2D eigenvalue weighted by atomic mass is 10.3. The molecule has 0 atom stereocenters. The molecular formula is C15H14ClFN4S. The van der Waals surface area contributed by atoms with Gasteiger partial charge in [-0.15, -0.1) is 11.3 Å². The van der Waals surface area contributed by atoms with Crippen molar-refractivity contribution in [1.82, 2.24) is 9.97 Å². The lowest BCUT2D eigenvalue weighted by molar-refractivity contribution is 0.632. The summed E-state index contributed by atoms with van der Waals surface area (Å²) in [7, 11) is 0. The highest BCUT2D eigenvalue weighted by Crippen LogP contribution is 2.31. The summed E-state index contributed by atoms with van der Waals surface area (Å²) in [6, 6.07) is 6.61. The number of anilines is 3. The van der Waals surface area contributed by atoms with Crippen LogP contribution in [0.15, 0.2) is 29.6 Å². The quantitative estimate of drug-likeness (QED) is 0.700. The second-order valence-corrected chi connectivity index (χ2v) is 6.43. The molecule has 1 aromatic carbocycles. The third kappa shape index (κ3) is 3.13. The van der Waals surface area contributed by atoms with Gasteiger partial charge in [0.05, 0.1) is 15.9 Å². The van der Waals surface area contributed by atoms with Crippen LogP contribution in [0.2, 0.25) is 5.02 Å². The standard InChI is InChI=1S/C15H14ClFN4S/c1-8(2)18-15-20-12-5-6-22-13(12)14(21-15)19-11-4-3-9(16)7-10(11)17/h3-8H,1-2H3,(H2,18,19,20,21). The Bertz CT molecular complexity index is 818. The van der Waals surface area contributed by atoms with E-state index in [4.69, 9.17) is 11.6 Å². The third-order valence-electron chi connectivity index (χ3n) is 2.91. The van der Waals surface area contributed by atoms with E-state index < -0.39 is 5.82 Å².